The fraction of sp³-hybridized carbons (Fsp3) is 0.304. The van der Waals surface area contributed by atoms with Crippen molar-refractivity contribution in [3.8, 4) is 0 Å². The number of hydrogen-bond acceptors (Lipinski definition) is 9. The molecule has 4 rings (SSSR count). The molecule has 1 unspecified atom stereocenters. The van der Waals surface area contributed by atoms with Crippen LogP contribution in [0.4, 0.5) is 28.8 Å². The summed E-state index contributed by atoms with van der Waals surface area (Å²) >= 11 is 3.44. The zero-order valence-electron chi connectivity index (χ0n) is 19.6. The van der Waals surface area contributed by atoms with Gasteiger partial charge in [0.05, 0.1) is 23.3 Å². The van der Waals surface area contributed by atoms with E-state index in [9.17, 15) is 8.42 Å². The quantitative estimate of drug-likeness (QED) is 0.423. The van der Waals surface area contributed by atoms with Crippen LogP contribution in [-0.4, -0.2) is 69.9 Å². The number of benzene rings is 2. The van der Waals surface area contributed by atoms with Crippen molar-refractivity contribution in [3.63, 3.8) is 0 Å². The van der Waals surface area contributed by atoms with Crippen LogP contribution >= 0.6 is 15.9 Å². The second-order valence-electron chi connectivity index (χ2n) is 7.95. The number of morpholine rings is 1. The average molecular weight is 563 g/mol. The zero-order valence-corrected chi connectivity index (χ0v) is 22.0. The van der Waals surface area contributed by atoms with E-state index >= 15 is 0 Å². The van der Waals surface area contributed by atoms with Gasteiger partial charge in [-0.2, -0.15) is 4.98 Å². The number of anilines is 5. The predicted molar refractivity (Wildman–Crippen MR) is 139 cm³/mol. The van der Waals surface area contributed by atoms with E-state index in [0.717, 1.165) is 17.9 Å². The highest BCUT2D eigenvalue weighted by Crippen LogP contribution is 2.30. The van der Waals surface area contributed by atoms with Crippen LogP contribution in [0.3, 0.4) is 0 Å². The van der Waals surface area contributed by atoms with Crippen molar-refractivity contribution in [3.05, 3.63) is 59.2 Å². The van der Waals surface area contributed by atoms with Crippen LogP contribution in [0.5, 0.6) is 0 Å². The summed E-state index contributed by atoms with van der Waals surface area (Å²) in [4.78, 5) is 11.2. The van der Waals surface area contributed by atoms with Gasteiger partial charge in [0.1, 0.15) is 10.7 Å². The third-order valence-corrected chi connectivity index (χ3v) is 7.88. The summed E-state index contributed by atoms with van der Waals surface area (Å²) in [5.74, 6) is 0.793. The van der Waals surface area contributed by atoms with Gasteiger partial charge < -0.3 is 25.0 Å². The van der Waals surface area contributed by atoms with Crippen LogP contribution in [-0.2, 0) is 19.5 Å². The fourth-order valence-corrected chi connectivity index (χ4v) is 4.85. The molecule has 0 bridgehead atoms. The molecule has 10 nitrogen and oxygen atoms in total. The maximum absolute atomic E-state index is 12.7. The van der Waals surface area contributed by atoms with Crippen LogP contribution in [0.2, 0.25) is 0 Å². The normalized spacial score (nSPS) is 16.4. The van der Waals surface area contributed by atoms with Gasteiger partial charge in [0, 0.05) is 45.3 Å². The van der Waals surface area contributed by atoms with Crippen molar-refractivity contribution < 1.29 is 17.9 Å². The standard InChI is InChI=1S/C23H27BrN6O4S/c1-29(2)35(31,32)20-7-5-4-6-19(20)27-22-18(24)14-25-23(28-22)26-16-8-10-17(11-9-16)30-12-13-34-21(15-30)33-3/h4-11,14,21H,12-13,15H2,1-3H3,(H2,25,26,27,28). The van der Waals surface area contributed by atoms with Crippen molar-refractivity contribution in [1.29, 1.82) is 0 Å². The van der Waals surface area contributed by atoms with Gasteiger partial charge in [0.15, 0.2) is 6.29 Å². The van der Waals surface area contributed by atoms with Gasteiger partial charge in [-0.15, -0.1) is 0 Å². The van der Waals surface area contributed by atoms with Crippen LogP contribution in [0.15, 0.2) is 64.1 Å². The summed E-state index contributed by atoms with van der Waals surface area (Å²) in [5.41, 5.74) is 2.30. The lowest BCUT2D eigenvalue weighted by Crippen LogP contribution is -2.43. The molecule has 0 aliphatic carbocycles. The van der Waals surface area contributed by atoms with Crippen LogP contribution in [0.25, 0.3) is 0 Å². The van der Waals surface area contributed by atoms with Crippen LogP contribution in [0, 0.1) is 0 Å². The number of para-hydroxylation sites is 1. The van der Waals surface area contributed by atoms with Crippen LogP contribution < -0.4 is 15.5 Å². The first-order chi connectivity index (χ1) is 16.8. The molecule has 1 atom stereocenters. The average Bonchev–Trinajstić information content (AvgIpc) is 2.86. The minimum Gasteiger partial charge on any atom is -0.364 e. The molecule has 1 aliphatic heterocycles. The van der Waals surface area contributed by atoms with Gasteiger partial charge in [0.25, 0.3) is 0 Å². The zero-order chi connectivity index (χ0) is 25.0. The molecular formula is C23H27BrN6O4S. The Kier molecular flexibility index (Phi) is 7.87. The molecule has 1 fully saturated rings. The number of ether oxygens (including phenoxy) is 2. The van der Waals surface area contributed by atoms with Gasteiger partial charge in [0.2, 0.25) is 16.0 Å². The molecule has 0 spiro atoms. The first-order valence-corrected chi connectivity index (χ1v) is 13.1. The fourth-order valence-electron chi connectivity index (χ4n) is 3.51. The van der Waals surface area contributed by atoms with E-state index in [0.29, 0.717) is 35.1 Å². The molecule has 1 saturated heterocycles. The number of sulfonamides is 1. The molecular weight excluding hydrogens is 536 g/mol. The van der Waals surface area contributed by atoms with Gasteiger partial charge in [-0.25, -0.2) is 17.7 Å². The molecule has 35 heavy (non-hydrogen) atoms. The predicted octanol–water partition coefficient (Wildman–Crippen LogP) is 3.79. The van der Waals surface area contributed by atoms with E-state index in [1.165, 1.54) is 18.4 Å². The molecule has 2 aromatic carbocycles. The summed E-state index contributed by atoms with van der Waals surface area (Å²) in [7, 11) is 0.990. The highest BCUT2D eigenvalue weighted by Gasteiger charge is 2.22. The van der Waals surface area contributed by atoms with Gasteiger partial charge in [-0.05, 0) is 52.3 Å². The Balaban J connectivity index is 1.51. The first kappa shape index (κ1) is 25.3. The Labute approximate surface area is 213 Å². The minimum atomic E-state index is -3.64. The SMILES string of the molecule is COC1CN(c2ccc(Nc3ncc(Br)c(Nc4ccccc4S(=O)(=O)N(C)C)n3)cc2)CCO1. The summed E-state index contributed by atoms with van der Waals surface area (Å²) < 4.78 is 38.1. The van der Waals surface area contributed by atoms with Crippen molar-refractivity contribution in [2.45, 2.75) is 11.2 Å². The lowest BCUT2D eigenvalue weighted by molar-refractivity contribution is -0.128. The highest BCUT2D eigenvalue weighted by atomic mass is 79.9. The number of rotatable bonds is 8. The molecule has 0 saturated carbocycles. The maximum Gasteiger partial charge on any atom is 0.244 e. The summed E-state index contributed by atoms with van der Waals surface area (Å²) in [6, 6.07) is 14.6. The summed E-state index contributed by atoms with van der Waals surface area (Å²) in [6.07, 6.45) is 1.37. The molecule has 0 radical (unpaired) electrons. The first-order valence-electron chi connectivity index (χ1n) is 10.9. The van der Waals surface area contributed by atoms with E-state index in [1.807, 2.05) is 24.3 Å². The monoisotopic (exact) mass is 562 g/mol. The van der Waals surface area contributed by atoms with E-state index < -0.39 is 10.0 Å². The molecule has 1 aliphatic rings. The number of methoxy groups -OCH3 is 1. The largest absolute Gasteiger partial charge is 0.364 e. The van der Waals surface area contributed by atoms with Crippen molar-refractivity contribution in [1.82, 2.24) is 14.3 Å². The van der Waals surface area contributed by atoms with Gasteiger partial charge in [-0.1, -0.05) is 12.1 Å². The van der Waals surface area contributed by atoms with E-state index in [2.05, 4.69) is 41.4 Å². The Morgan fingerprint density at radius 3 is 2.60 bits per heavy atom. The number of nitrogens with one attached hydrogen (secondary N) is 2. The summed E-state index contributed by atoms with van der Waals surface area (Å²) in [6.45, 7) is 2.07. The minimum absolute atomic E-state index is 0.152. The second kappa shape index (κ2) is 10.9. The highest BCUT2D eigenvalue weighted by molar-refractivity contribution is 9.10. The van der Waals surface area contributed by atoms with E-state index in [-0.39, 0.29) is 11.2 Å². The van der Waals surface area contributed by atoms with Gasteiger partial charge >= 0.3 is 0 Å². The third kappa shape index (κ3) is 5.90. The molecule has 3 aromatic rings. The lowest BCUT2D eigenvalue weighted by atomic mass is 10.2. The Morgan fingerprint density at radius 1 is 1.14 bits per heavy atom. The number of halogens is 1. The smallest absolute Gasteiger partial charge is 0.244 e. The lowest BCUT2D eigenvalue weighted by Gasteiger charge is -2.33. The molecule has 1 aromatic heterocycles. The Morgan fingerprint density at radius 2 is 1.89 bits per heavy atom. The molecule has 2 heterocycles. The van der Waals surface area contributed by atoms with Crippen molar-refractivity contribution >= 4 is 54.8 Å². The topological polar surface area (TPSA) is 109 Å². The molecule has 0 amide bonds. The summed E-state index contributed by atoms with van der Waals surface area (Å²) in [5, 5.41) is 6.31. The molecule has 12 heteroatoms. The number of nitrogens with zero attached hydrogens (tertiary/aromatic N) is 4. The van der Waals surface area contributed by atoms with Crippen molar-refractivity contribution in [2.24, 2.45) is 0 Å². The van der Waals surface area contributed by atoms with E-state index in [4.69, 9.17) is 9.47 Å². The Bertz CT molecular complexity index is 1270. The van der Waals surface area contributed by atoms with E-state index in [1.54, 1.807) is 37.6 Å². The Hall–Kier alpha value is -2.77. The number of aromatic nitrogens is 2. The molecule has 2 N–H and O–H groups in total. The van der Waals surface area contributed by atoms with Crippen molar-refractivity contribution in [2.75, 3.05) is 56.4 Å². The maximum atomic E-state index is 12.7. The number of hydrogen-bond donors (Lipinski definition) is 2. The van der Waals surface area contributed by atoms with Crippen LogP contribution in [0.1, 0.15) is 0 Å². The third-order valence-electron chi connectivity index (χ3n) is 5.43. The molecule has 186 valence electrons. The second-order valence-corrected chi connectivity index (χ2v) is 10.9. The van der Waals surface area contributed by atoms with Gasteiger partial charge in [-0.3, -0.25) is 0 Å².